The standard InChI is InChI=1S/C23H26Cl2N2O5/c1-4-32-21-18(25)13-15(14-19(21)30-2)22(28)27-11-9-26(10-12-27)20(23(29)31-3)16-7-5-6-8-17(16)24/h5-8,13-14,20H,4,9-12H2,1-3H3. The van der Waals surface area contributed by atoms with Gasteiger partial charge in [0.2, 0.25) is 0 Å². The second kappa shape index (κ2) is 10.9. The number of esters is 1. The van der Waals surface area contributed by atoms with E-state index in [-0.39, 0.29) is 11.9 Å². The molecule has 0 saturated carbocycles. The van der Waals surface area contributed by atoms with Crippen molar-refractivity contribution in [3.63, 3.8) is 0 Å². The summed E-state index contributed by atoms with van der Waals surface area (Å²) in [6.07, 6.45) is 0. The number of methoxy groups -OCH3 is 2. The molecule has 0 radical (unpaired) electrons. The molecule has 9 heteroatoms. The van der Waals surface area contributed by atoms with E-state index >= 15 is 0 Å². The predicted molar refractivity (Wildman–Crippen MR) is 123 cm³/mol. The number of piperazine rings is 1. The average Bonchev–Trinajstić information content (AvgIpc) is 2.81. The van der Waals surface area contributed by atoms with Crippen LogP contribution in [0.2, 0.25) is 10.0 Å². The van der Waals surface area contributed by atoms with Gasteiger partial charge in [0, 0.05) is 36.8 Å². The number of benzene rings is 2. The zero-order valence-corrected chi connectivity index (χ0v) is 19.8. The highest BCUT2D eigenvalue weighted by Crippen LogP contribution is 2.37. The molecule has 1 aliphatic rings. The Morgan fingerprint density at radius 2 is 1.72 bits per heavy atom. The number of halogens is 2. The van der Waals surface area contributed by atoms with Crippen LogP contribution in [0.3, 0.4) is 0 Å². The summed E-state index contributed by atoms with van der Waals surface area (Å²) < 4.78 is 15.9. The van der Waals surface area contributed by atoms with Crippen molar-refractivity contribution in [3.8, 4) is 11.5 Å². The second-order valence-corrected chi connectivity index (χ2v) is 8.01. The quantitative estimate of drug-likeness (QED) is 0.556. The van der Waals surface area contributed by atoms with Gasteiger partial charge in [0.15, 0.2) is 11.5 Å². The number of hydrogen-bond acceptors (Lipinski definition) is 6. The Labute approximate surface area is 197 Å². The van der Waals surface area contributed by atoms with E-state index in [1.807, 2.05) is 30.0 Å². The van der Waals surface area contributed by atoms with Crippen LogP contribution in [0.25, 0.3) is 0 Å². The molecule has 0 aliphatic carbocycles. The lowest BCUT2D eigenvalue weighted by atomic mass is 10.0. The first kappa shape index (κ1) is 24.2. The van der Waals surface area contributed by atoms with Crippen molar-refractivity contribution in [1.82, 2.24) is 9.80 Å². The molecule has 1 atom stereocenters. The molecular formula is C23H26Cl2N2O5. The molecule has 1 saturated heterocycles. The Balaban J connectivity index is 1.76. The van der Waals surface area contributed by atoms with E-state index in [1.165, 1.54) is 14.2 Å². The van der Waals surface area contributed by atoms with Gasteiger partial charge in [0.1, 0.15) is 6.04 Å². The van der Waals surface area contributed by atoms with Crippen LogP contribution in [0.4, 0.5) is 0 Å². The number of ether oxygens (including phenoxy) is 3. The van der Waals surface area contributed by atoms with Gasteiger partial charge in [-0.25, -0.2) is 4.79 Å². The van der Waals surface area contributed by atoms with E-state index in [1.54, 1.807) is 23.1 Å². The predicted octanol–water partition coefficient (Wildman–Crippen LogP) is 4.07. The van der Waals surface area contributed by atoms with Crippen LogP contribution in [0.15, 0.2) is 36.4 Å². The van der Waals surface area contributed by atoms with E-state index < -0.39 is 6.04 Å². The summed E-state index contributed by atoms with van der Waals surface area (Å²) in [7, 11) is 2.86. The maximum absolute atomic E-state index is 13.1. The molecule has 32 heavy (non-hydrogen) atoms. The van der Waals surface area contributed by atoms with Gasteiger partial charge in [-0.15, -0.1) is 0 Å². The summed E-state index contributed by atoms with van der Waals surface area (Å²) >= 11 is 12.7. The van der Waals surface area contributed by atoms with Gasteiger partial charge in [-0.3, -0.25) is 9.69 Å². The molecule has 2 aromatic rings. The molecule has 1 aliphatic heterocycles. The van der Waals surface area contributed by atoms with Gasteiger partial charge in [0.05, 0.1) is 25.8 Å². The smallest absolute Gasteiger partial charge is 0.327 e. The van der Waals surface area contributed by atoms with Crippen LogP contribution in [0, 0.1) is 0 Å². The van der Waals surface area contributed by atoms with Crippen LogP contribution < -0.4 is 9.47 Å². The Bertz CT molecular complexity index is 977. The van der Waals surface area contributed by atoms with E-state index in [0.29, 0.717) is 65.5 Å². The zero-order valence-electron chi connectivity index (χ0n) is 18.3. The minimum Gasteiger partial charge on any atom is -0.493 e. The third-order valence-corrected chi connectivity index (χ3v) is 5.98. The monoisotopic (exact) mass is 480 g/mol. The van der Waals surface area contributed by atoms with Gasteiger partial charge in [0.25, 0.3) is 5.91 Å². The van der Waals surface area contributed by atoms with Crippen molar-refractivity contribution in [2.24, 2.45) is 0 Å². The maximum atomic E-state index is 13.1. The SMILES string of the molecule is CCOc1c(Cl)cc(C(=O)N2CCN(C(C(=O)OC)c3ccccc3Cl)CC2)cc1OC. The Hall–Kier alpha value is -2.48. The molecule has 0 aromatic heterocycles. The topological polar surface area (TPSA) is 68.3 Å². The molecule has 1 amide bonds. The van der Waals surface area contributed by atoms with Gasteiger partial charge in [-0.1, -0.05) is 41.4 Å². The van der Waals surface area contributed by atoms with Gasteiger partial charge in [-0.05, 0) is 30.7 Å². The summed E-state index contributed by atoms with van der Waals surface area (Å²) in [6.45, 7) is 4.11. The van der Waals surface area contributed by atoms with Crippen molar-refractivity contribution in [1.29, 1.82) is 0 Å². The fourth-order valence-corrected chi connectivity index (χ4v) is 4.28. The number of carbonyl (C=O) groups is 2. The summed E-state index contributed by atoms with van der Waals surface area (Å²) in [5, 5.41) is 0.815. The molecule has 0 bridgehead atoms. The molecule has 1 unspecified atom stereocenters. The number of nitrogens with zero attached hydrogens (tertiary/aromatic N) is 2. The summed E-state index contributed by atoms with van der Waals surface area (Å²) in [4.78, 5) is 29.4. The van der Waals surface area contributed by atoms with Crippen LogP contribution >= 0.6 is 23.2 Å². The van der Waals surface area contributed by atoms with E-state index in [9.17, 15) is 9.59 Å². The van der Waals surface area contributed by atoms with Gasteiger partial charge in [-0.2, -0.15) is 0 Å². The van der Waals surface area contributed by atoms with E-state index in [0.717, 1.165) is 0 Å². The van der Waals surface area contributed by atoms with E-state index in [2.05, 4.69) is 0 Å². The third kappa shape index (κ3) is 5.11. The third-order valence-electron chi connectivity index (χ3n) is 5.36. The second-order valence-electron chi connectivity index (χ2n) is 7.20. The average molecular weight is 481 g/mol. The van der Waals surface area contributed by atoms with Crippen LogP contribution in [0.5, 0.6) is 11.5 Å². The van der Waals surface area contributed by atoms with Crippen LogP contribution in [0.1, 0.15) is 28.9 Å². The van der Waals surface area contributed by atoms with Crippen molar-refractivity contribution < 1.29 is 23.8 Å². The molecule has 0 N–H and O–H groups in total. The minimum atomic E-state index is -0.633. The highest BCUT2D eigenvalue weighted by molar-refractivity contribution is 6.32. The van der Waals surface area contributed by atoms with Crippen LogP contribution in [-0.4, -0.2) is 68.7 Å². The number of hydrogen-bond donors (Lipinski definition) is 0. The highest BCUT2D eigenvalue weighted by atomic mass is 35.5. The Morgan fingerprint density at radius 1 is 1.03 bits per heavy atom. The lowest BCUT2D eigenvalue weighted by Crippen LogP contribution is -2.51. The summed E-state index contributed by atoms with van der Waals surface area (Å²) in [5.74, 6) is 0.269. The lowest BCUT2D eigenvalue weighted by Gasteiger charge is -2.38. The molecule has 1 fully saturated rings. The Kier molecular flexibility index (Phi) is 8.23. The first-order chi connectivity index (χ1) is 15.4. The lowest BCUT2D eigenvalue weighted by molar-refractivity contribution is -0.148. The first-order valence-electron chi connectivity index (χ1n) is 10.3. The fourth-order valence-electron chi connectivity index (χ4n) is 3.77. The first-order valence-corrected chi connectivity index (χ1v) is 11.0. The number of carbonyl (C=O) groups excluding carboxylic acids is 2. The molecule has 3 rings (SSSR count). The van der Waals surface area contributed by atoms with Crippen molar-refractivity contribution >= 4 is 35.1 Å². The highest BCUT2D eigenvalue weighted by Gasteiger charge is 2.34. The summed E-state index contributed by atoms with van der Waals surface area (Å²) in [5.41, 5.74) is 1.10. The van der Waals surface area contributed by atoms with Gasteiger partial charge >= 0.3 is 5.97 Å². The molecule has 0 spiro atoms. The van der Waals surface area contributed by atoms with Crippen LogP contribution in [-0.2, 0) is 9.53 Å². The zero-order chi connectivity index (χ0) is 23.3. The molecule has 1 heterocycles. The van der Waals surface area contributed by atoms with Crippen molar-refractivity contribution in [2.45, 2.75) is 13.0 Å². The molecule has 7 nitrogen and oxygen atoms in total. The molecule has 2 aromatic carbocycles. The van der Waals surface area contributed by atoms with Crippen molar-refractivity contribution in [2.75, 3.05) is 47.0 Å². The van der Waals surface area contributed by atoms with E-state index in [4.69, 9.17) is 37.4 Å². The Morgan fingerprint density at radius 3 is 2.31 bits per heavy atom. The minimum absolute atomic E-state index is 0.166. The normalized spacial score (nSPS) is 15.2. The molecular weight excluding hydrogens is 455 g/mol. The fraction of sp³-hybridized carbons (Fsp3) is 0.391. The number of rotatable bonds is 7. The maximum Gasteiger partial charge on any atom is 0.327 e. The largest absolute Gasteiger partial charge is 0.493 e. The van der Waals surface area contributed by atoms with Gasteiger partial charge < -0.3 is 19.1 Å². The summed E-state index contributed by atoms with van der Waals surface area (Å²) in [6, 6.07) is 9.79. The molecule has 172 valence electrons. The van der Waals surface area contributed by atoms with Crippen molar-refractivity contribution in [3.05, 3.63) is 57.6 Å². The number of amides is 1.